The van der Waals surface area contributed by atoms with Crippen LogP contribution in [0, 0.1) is 5.92 Å². The van der Waals surface area contributed by atoms with Gasteiger partial charge in [0.1, 0.15) is 5.82 Å². The van der Waals surface area contributed by atoms with Gasteiger partial charge in [-0.1, -0.05) is 12.1 Å². The molecule has 1 aliphatic rings. The molecule has 3 heterocycles. The Hall–Kier alpha value is -2.20. The lowest BCUT2D eigenvalue weighted by Crippen LogP contribution is -2.22. The summed E-state index contributed by atoms with van der Waals surface area (Å²) in [6.45, 7) is 3.30. The lowest BCUT2D eigenvalue weighted by Gasteiger charge is -2.16. The van der Waals surface area contributed by atoms with Crippen LogP contribution in [0.2, 0.25) is 0 Å². The predicted molar refractivity (Wildman–Crippen MR) is 92.0 cm³/mol. The van der Waals surface area contributed by atoms with Crippen LogP contribution in [0.4, 0.5) is 0 Å². The normalized spacial score (nSPS) is 18.7. The molecule has 1 atom stereocenters. The van der Waals surface area contributed by atoms with E-state index < -0.39 is 0 Å². The topological polar surface area (TPSA) is 34.0 Å². The van der Waals surface area contributed by atoms with E-state index in [0.29, 0.717) is 0 Å². The molecule has 0 saturated carbocycles. The highest BCUT2D eigenvalue weighted by molar-refractivity contribution is 5.78. The third kappa shape index (κ3) is 3.13. The molecule has 1 unspecified atom stereocenters. The first-order valence-electron chi connectivity index (χ1n) is 8.30. The van der Waals surface area contributed by atoms with Crippen LogP contribution in [-0.2, 0) is 20.0 Å². The smallest absolute Gasteiger partial charge is 0.122 e. The molecule has 0 N–H and O–H groups in total. The minimum absolute atomic E-state index is 0.740. The van der Waals surface area contributed by atoms with Gasteiger partial charge in [-0.2, -0.15) is 0 Å². The first kappa shape index (κ1) is 14.4. The Morgan fingerprint density at radius 1 is 1.17 bits per heavy atom. The third-order valence-electron chi connectivity index (χ3n) is 4.85. The number of pyridine rings is 1. The molecule has 4 rings (SSSR count). The number of benzene rings is 1. The second-order valence-corrected chi connectivity index (χ2v) is 6.58. The minimum atomic E-state index is 0.740. The molecule has 3 aromatic rings. The van der Waals surface area contributed by atoms with Crippen LogP contribution in [-0.4, -0.2) is 32.5 Å². The van der Waals surface area contributed by atoms with Gasteiger partial charge in [0.15, 0.2) is 0 Å². The Bertz CT molecular complexity index is 808. The van der Waals surface area contributed by atoms with E-state index in [-0.39, 0.29) is 0 Å². The maximum absolute atomic E-state index is 4.44. The number of fused-ring (bicyclic) bond motifs is 1. The Kier molecular flexibility index (Phi) is 3.83. The molecule has 0 radical (unpaired) electrons. The molecule has 0 bridgehead atoms. The molecule has 23 heavy (non-hydrogen) atoms. The van der Waals surface area contributed by atoms with Crippen LogP contribution in [0.15, 0.2) is 48.9 Å². The number of imidazole rings is 1. The number of hydrogen-bond acceptors (Lipinski definition) is 3. The van der Waals surface area contributed by atoms with E-state index in [1.165, 1.54) is 23.9 Å². The zero-order chi connectivity index (χ0) is 15.6. The van der Waals surface area contributed by atoms with E-state index in [4.69, 9.17) is 0 Å². The SMILES string of the molecule is Cn1ccnc1CN1CCC(Cc2ccc3ncccc3c2)C1. The van der Waals surface area contributed by atoms with E-state index in [0.717, 1.165) is 36.8 Å². The Morgan fingerprint density at radius 3 is 3.00 bits per heavy atom. The molecule has 118 valence electrons. The first-order valence-corrected chi connectivity index (χ1v) is 8.30. The van der Waals surface area contributed by atoms with Crippen molar-refractivity contribution in [2.24, 2.45) is 13.0 Å². The fourth-order valence-electron chi connectivity index (χ4n) is 3.56. The molecule has 0 spiro atoms. The summed E-state index contributed by atoms with van der Waals surface area (Å²) in [5.41, 5.74) is 2.51. The molecule has 2 aromatic heterocycles. The minimum Gasteiger partial charge on any atom is -0.337 e. The summed E-state index contributed by atoms with van der Waals surface area (Å²) < 4.78 is 2.11. The van der Waals surface area contributed by atoms with Crippen LogP contribution in [0.5, 0.6) is 0 Å². The first-order chi connectivity index (χ1) is 11.3. The van der Waals surface area contributed by atoms with Crippen molar-refractivity contribution < 1.29 is 0 Å². The number of aryl methyl sites for hydroxylation is 1. The van der Waals surface area contributed by atoms with Gasteiger partial charge >= 0.3 is 0 Å². The maximum Gasteiger partial charge on any atom is 0.122 e. The van der Waals surface area contributed by atoms with Crippen molar-refractivity contribution in [1.82, 2.24) is 19.4 Å². The molecule has 1 saturated heterocycles. The summed E-state index contributed by atoms with van der Waals surface area (Å²) in [6.07, 6.45) is 8.18. The Labute approximate surface area is 136 Å². The summed E-state index contributed by atoms with van der Waals surface area (Å²) in [5, 5.41) is 1.24. The van der Waals surface area contributed by atoms with Crippen LogP contribution in [0.3, 0.4) is 0 Å². The van der Waals surface area contributed by atoms with Crippen LogP contribution >= 0.6 is 0 Å². The number of likely N-dealkylation sites (tertiary alicyclic amines) is 1. The summed E-state index contributed by atoms with van der Waals surface area (Å²) in [5.74, 6) is 1.90. The highest BCUT2D eigenvalue weighted by Crippen LogP contribution is 2.23. The average Bonchev–Trinajstić information content (AvgIpc) is 3.17. The molecular weight excluding hydrogens is 284 g/mol. The van der Waals surface area contributed by atoms with Gasteiger partial charge in [-0.05, 0) is 49.1 Å². The molecule has 4 nitrogen and oxygen atoms in total. The van der Waals surface area contributed by atoms with Gasteiger partial charge in [0.25, 0.3) is 0 Å². The zero-order valence-corrected chi connectivity index (χ0v) is 13.5. The molecule has 4 heteroatoms. The molecule has 1 fully saturated rings. The number of hydrogen-bond donors (Lipinski definition) is 0. The second kappa shape index (κ2) is 6.13. The lowest BCUT2D eigenvalue weighted by atomic mass is 9.97. The maximum atomic E-state index is 4.44. The highest BCUT2D eigenvalue weighted by atomic mass is 15.2. The van der Waals surface area contributed by atoms with E-state index in [1.54, 1.807) is 0 Å². The summed E-state index contributed by atoms with van der Waals surface area (Å²) in [7, 11) is 2.07. The van der Waals surface area contributed by atoms with E-state index >= 15 is 0 Å². The summed E-state index contributed by atoms with van der Waals surface area (Å²) in [6, 6.07) is 10.8. The average molecular weight is 306 g/mol. The van der Waals surface area contributed by atoms with Crippen molar-refractivity contribution in [3.63, 3.8) is 0 Å². The van der Waals surface area contributed by atoms with Crippen molar-refractivity contribution in [2.75, 3.05) is 13.1 Å². The van der Waals surface area contributed by atoms with Gasteiger partial charge in [-0.3, -0.25) is 9.88 Å². The Morgan fingerprint density at radius 2 is 2.13 bits per heavy atom. The standard InChI is InChI=1S/C19H22N4/c1-22-10-8-21-19(22)14-23-9-6-16(13-23)11-15-4-5-18-17(12-15)3-2-7-20-18/h2-5,7-8,10,12,16H,6,9,11,13-14H2,1H3. The quantitative estimate of drug-likeness (QED) is 0.743. The van der Waals surface area contributed by atoms with E-state index in [1.807, 2.05) is 24.7 Å². The lowest BCUT2D eigenvalue weighted by molar-refractivity contribution is 0.305. The van der Waals surface area contributed by atoms with Crippen LogP contribution in [0.1, 0.15) is 17.8 Å². The van der Waals surface area contributed by atoms with Gasteiger partial charge in [0, 0.05) is 37.6 Å². The van der Waals surface area contributed by atoms with Gasteiger partial charge in [0.2, 0.25) is 0 Å². The molecule has 0 aliphatic carbocycles. The zero-order valence-electron chi connectivity index (χ0n) is 13.5. The second-order valence-electron chi connectivity index (χ2n) is 6.58. The molecular formula is C19H22N4. The van der Waals surface area contributed by atoms with Crippen molar-refractivity contribution in [3.05, 3.63) is 60.3 Å². The van der Waals surface area contributed by atoms with Gasteiger partial charge in [-0.25, -0.2) is 4.98 Å². The fraction of sp³-hybridized carbons (Fsp3) is 0.368. The molecule has 1 aromatic carbocycles. The van der Waals surface area contributed by atoms with Crippen molar-refractivity contribution in [3.8, 4) is 0 Å². The monoisotopic (exact) mass is 306 g/mol. The number of aromatic nitrogens is 3. The van der Waals surface area contributed by atoms with E-state index in [2.05, 4.69) is 50.7 Å². The van der Waals surface area contributed by atoms with Crippen molar-refractivity contribution >= 4 is 10.9 Å². The predicted octanol–water partition coefficient (Wildman–Crippen LogP) is 3.03. The molecule has 1 aliphatic heterocycles. The van der Waals surface area contributed by atoms with Crippen molar-refractivity contribution in [1.29, 1.82) is 0 Å². The number of nitrogens with zero attached hydrogens (tertiary/aromatic N) is 4. The highest BCUT2D eigenvalue weighted by Gasteiger charge is 2.23. The van der Waals surface area contributed by atoms with Gasteiger partial charge in [-0.15, -0.1) is 0 Å². The van der Waals surface area contributed by atoms with Crippen LogP contribution in [0.25, 0.3) is 10.9 Å². The Balaban J connectivity index is 1.40. The largest absolute Gasteiger partial charge is 0.337 e. The summed E-state index contributed by atoms with van der Waals surface area (Å²) >= 11 is 0. The third-order valence-corrected chi connectivity index (χ3v) is 4.85. The summed E-state index contributed by atoms with van der Waals surface area (Å²) in [4.78, 5) is 11.4. The van der Waals surface area contributed by atoms with Gasteiger partial charge < -0.3 is 4.57 Å². The number of rotatable bonds is 4. The molecule has 0 amide bonds. The van der Waals surface area contributed by atoms with Crippen molar-refractivity contribution in [2.45, 2.75) is 19.4 Å². The van der Waals surface area contributed by atoms with E-state index in [9.17, 15) is 0 Å². The van der Waals surface area contributed by atoms with Gasteiger partial charge in [0.05, 0.1) is 12.1 Å². The fourth-order valence-corrected chi connectivity index (χ4v) is 3.56. The van der Waals surface area contributed by atoms with Crippen LogP contribution < -0.4 is 0 Å².